The van der Waals surface area contributed by atoms with Gasteiger partial charge in [-0.25, -0.2) is 8.78 Å². The third-order valence-corrected chi connectivity index (χ3v) is 4.23. The van der Waals surface area contributed by atoms with Gasteiger partial charge < -0.3 is 11.5 Å². The Morgan fingerprint density at radius 2 is 1.88 bits per heavy atom. The number of aryl methyl sites for hydroxylation is 1. The van der Waals surface area contributed by atoms with E-state index in [1.165, 1.54) is 18.2 Å². The van der Waals surface area contributed by atoms with E-state index in [-0.39, 0.29) is 22.1 Å². The van der Waals surface area contributed by atoms with Crippen LogP contribution in [-0.2, 0) is 0 Å². The van der Waals surface area contributed by atoms with E-state index in [0.29, 0.717) is 22.2 Å². The van der Waals surface area contributed by atoms with Crippen molar-refractivity contribution in [1.82, 2.24) is 4.98 Å². The molecule has 8 heteroatoms. The fraction of sp³-hybridized carbons (Fsp3) is 0.0556. The molecule has 1 amide bonds. The second kappa shape index (κ2) is 6.68. The first-order chi connectivity index (χ1) is 12.3. The Bertz CT molecular complexity index is 1080. The molecule has 0 radical (unpaired) electrons. The lowest BCUT2D eigenvalue weighted by Crippen LogP contribution is -2.24. The number of fused-ring (bicyclic) bond motifs is 1. The van der Waals surface area contributed by atoms with Crippen LogP contribution >= 0.6 is 11.6 Å². The normalized spacial score (nSPS) is 10.8. The van der Waals surface area contributed by atoms with E-state index in [4.69, 9.17) is 23.1 Å². The van der Waals surface area contributed by atoms with Crippen LogP contribution < -0.4 is 11.5 Å². The summed E-state index contributed by atoms with van der Waals surface area (Å²) in [5.74, 6) is -2.52. The van der Waals surface area contributed by atoms with Crippen molar-refractivity contribution in [2.24, 2.45) is 16.5 Å². The molecular formula is C18H13ClF2N4O. The van der Waals surface area contributed by atoms with E-state index < -0.39 is 17.5 Å². The smallest absolute Gasteiger partial charge is 0.280 e. The Balaban J connectivity index is 2.34. The minimum Gasteiger partial charge on any atom is -0.370 e. The summed E-state index contributed by atoms with van der Waals surface area (Å²) < 4.78 is 27.6. The van der Waals surface area contributed by atoms with Gasteiger partial charge in [0.15, 0.2) is 5.96 Å². The molecule has 26 heavy (non-hydrogen) atoms. The summed E-state index contributed by atoms with van der Waals surface area (Å²) in [5, 5.41) is 0.622. The van der Waals surface area contributed by atoms with Crippen LogP contribution in [0.15, 0.2) is 41.4 Å². The van der Waals surface area contributed by atoms with Crippen molar-refractivity contribution in [3.63, 3.8) is 0 Å². The largest absolute Gasteiger partial charge is 0.370 e. The van der Waals surface area contributed by atoms with Gasteiger partial charge in [-0.05, 0) is 37.3 Å². The van der Waals surface area contributed by atoms with Crippen LogP contribution in [0.4, 0.5) is 8.78 Å². The summed E-state index contributed by atoms with van der Waals surface area (Å²) in [4.78, 5) is 19.9. The van der Waals surface area contributed by atoms with Crippen LogP contribution in [-0.4, -0.2) is 16.9 Å². The Morgan fingerprint density at radius 1 is 1.15 bits per heavy atom. The van der Waals surface area contributed by atoms with Gasteiger partial charge in [-0.3, -0.25) is 9.78 Å². The van der Waals surface area contributed by atoms with Gasteiger partial charge in [-0.2, -0.15) is 4.99 Å². The Hall–Kier alpha value is -3.06. The maximum atomic E-state index is 14.4. The van der Waals surface area contributed by atoms with Crippen molar-refractivity contribution in [3.05, 3.63) is 64.3 Å². The highest BCUT2D eigenvalue weighted by atomic mass is 35.5. The van der Waals surface area contributed by atoms with Gasteiger partial charge in [-0.15, -0.1) is 0 Å². The summed E-state index contributed by atoms with van der Waals surface area (Å²) in [6.45, 7) is 1.67. The van der Waals surface area contributed by atoms with Crippen molar-refractivity contribution in [2.75, 3.05) is 0 Å². The summed E-state index contributed by atoms with van der Waals surface area (Å²) in [6, 6.07) is 7.74. The lowest BCUT2D eigenvalue weighted by atomic mass is 9.98. The lowest BCUT2D eigenvalue weighted by Gasteiger charge is -2.13. The molecule has 1 heterocycles. The summed E-state index contributed by atoms with van der Waals surface area (Å²) in [6.07, 6.45) is 0. The number of amides is 1. The number of benzene rings is 2. The molecule has 5 nitrogen and oxygen atoms in total. The maximum Gasteiger partial charge on any atom is 0.280 e. The number of halogens is 3. The second-order valence-corrected chi connectivity index (χ2v) is 5.96. The summed E-state index contributed by atoms with van der Waals surface area (Å²) >= 11 is 6.36. The number of nitrogens with zero attached hydrogens (tertiary/aromatic N) is 2. The van der Waals surface area contributed by atoms with Crippen molar-refractivity contribution in [3.8, 4) is 11.1 Å². The molecule has 3 aromatic rings. The average Bonchev–Trinajstić information content (AvgIpc) is 2.56. The molecule has 0 spiro atoms. The molecule has 1 aromatic heterocycles. The first kappa shape index (κ1) is 17.8. The van der Waals surface area contributed by atoms with Crippen LogP contribution in [0.2, 0.25) is 5.02 Å². The number of aromatic nitrogens is 1. The van der Waals surface area contributed by atoms with Gasteiger partial charge >= 0.3 is 0 Å². The van der Waals surface area contributed by atoms with E-state index in [2.05, 4.69) is 9.98 Å². The van der Waals surface area contributed by atoms with E-state index in [1.807, 2.05) is 0 Å². The molecule has 4 N–H and O–H groups in total. The number of hydrogen-bond acceptors (Lipinski definition) is 2. The molecule has 0 saturated carbocycles. The number of carbonyl (C=O) groups excluding carboxylic acids is 1. The molecule has 0 fully saturated rings. The molecular weight excluding hydrogens is 362 g/mol. The van der Waals surface area contributed by atoms with Crippen LogP contribution in [0.1, 0.15) is 16.1 Å². The van der Waals surface area contributed by atoms with Crippen LogP contribution in [0.3, 0.4) is 0 Å². The number of aliphatic imine (C=N–C) groups is 1. The Morgan fingerprint density at radius 3 is 2.54 bits per heavy atom. The zero-order valence-corrected chi connectivity index (χ0v) is 14.3. The quantitative estimate of drug-likeness (QED) is 0.529. The topological polar surface area (TPSA) is 94.4 Å². The first-order valence-electron chi connectivity index (χ1n) is 7.47. The van der Waals surface area contributed by atoms with E-state index in [1.54, 1.807) is 13.0 Å². The SMILES string of the molecule is Cc1nc2ccc(C(=O)N=C(N)N)cc2c(-c2ccc(F)cc2F)c1Cl. The fourth-order valence-electron chi connectivity index (χ4n) is 2.63. The standard InChI is InChI=1S/C18H13ClF2N4O/c1-8-16(19)15(11-4-3-10(20)7-13(11)21)12-6-9(2-5-14(12)24-8)17(26)25-18(22)23/h2-7H,1H3,(H4,22,23,25,26). The third kappa shape index (κ3) is 3.21. The average molecular weight is 375 g/mol. The van der Waals surface area contributed by atoms with E-state index in [9.17, 15) is 13.6 Å². The molecule has 2 aromatic carbocycles. The summed E-state index contributed by atoms with van der Waals surface area (Å²) in [5.41, 5.74) is 12.0. The third-order valence-electron chi connectivity index (χ3n) is 3.77. The molecule has 0 aliphatic carbocycles. The number of nitrogens with two attached hydrogens (primary N) is 2. The van der Waals surface area contributed by atoms with Crippen molar-refractivity contribution in [2.45, 2.75) is 6.92 Å². The van der Waals surface area contributed by atoms with Crippen molar-refractivity contribution in [1.29, 1.82) is 0 Å². The number of hydrogen-bond donors (Lipinski definition) is 2. The maximum absolute atomic E-state index is 14.4. The molecule has 0 aliphatic rings. The monoisotopic (exact) mass is 374 g/mol. The van der Waals surface area contributed by atoms with E-state index >= 15 is 0 Å². The number of guanidine groups is 1. The molecule has 132 valence electrons. The van der Waals surface area contributed by atoms with Gasteiger partial charge in [0.1, 0.15) is 11.6 Å². The summed E-state index contributed by atoms with van der Waals surface area (Å²) in [7, 11) is 0. The first-order valence-corrected chi connectivity index (χ1v) is 7.85. The molecule has 0 saturated heterocycles. The number of pyridine rings is 1. The molecule has 0 unspecified atom stereocenters. The highest BCUT2D eigenvalue weighted by Gasteiger charge is 2.18. The number of carbonyl (C=O) groups is 1. The predicted octanol–water partition coefficient (Wildman–Crippen LogP) is 3.56. The second-order valence-electron chi connectivity index (χ2n) is 5.58. The number of rotatable bonds is 2. The van der Waals surface area contributed by atoms with Gasteiger partial charge in [0.05, 0.1) is 16.2 Å². The Labute approximate surface area is 152 Å². The highest BCUT2D eigenvalue weighted by molar-refractivity contribution is 6.35. The van der Waals surface area contributed by atoms with Gasteiger partial charge in [0.2, 0.25) is 0 Å². The predicted molar refractivity (Wildman–Crippen MR) is 97.0 cm³/mol. The van der Waals surface area contributed by atoms with Crippen LogP contribution in [0.5, 0.6) is 0 Å². The van der Waals surface area contributed by atoms with Gasteiger partial charge in [0.25, 0.3) is 5.91 Å². The molecule has 0 bridgehead atoms. The molecule has 0 aliphatic heterocycles. The van der Waals surface area contributed by atoms with Crippen molar-refractivity contribution >= 4 is 34.4 Å². The lowest BCUT2D eigenvalue weighted by molar-refractivity contribution is 0.100. The highest BCUT2D eigenvalue weighted by Crippen LogP contribution is 2.38. The fourth-order valence-corrected chi connectivity index (χ4v) is 2.88. The zero-order chi connectivity index (χ0) is 19.0. The zero-order valence-electron chi connectivity index (χ0n) is 13.6. The van der Waals surface area contributed by atoms with E-state index in [0.717, 1.165) is 12.1 Å². The molecule has 0 atom stereocenters. The molecule has 3 rings (SSSR count). The Kier molecular flexibility index (Phi) is 4.56. The minimum absolute atomic E-state index is 0.0957. The van der Waals surface area contributed by atoms with Crippen LogP contribution in [0, 0.1) is 18.6 Å². The van der Waals surface area contributed by atoms with Gasteiger partial charge in [-0.1, -0.05) is 11.6 Å². The van der Waals surface area contributed by atoms with Gasteiger partial charge in [0, 0.05) is 28.1 Å². The van der Waals surface area contributed by atoms with Crippen LogP contribution in [0.25, 0.3) is 22.0 Å². The van der Waals surface area contributed by atoms with Crippen molar-refractivity contribution < 1.29 is 13.6 Å². The minimum atomic E-state index is -0.778.